The zero-order valence-corrected chi connectivity index (χ0v) is 16.0. The van der Waals surface area contributed by atoms with Gasteiger partial charge >= 0.3 is 0 Å². The van der Waals surface area contributed by atoms with E-state index in [9.17, 15) is 5.11 Å². The van der Waals surface area contributed by atoms with Crippen LogP contribution < -0.4 is 0 Å². The second-order valence-electron chi connectivity index (χ2n) is 6.38. The van der Waals surface area contributed by atoms with Crippen molar-refractivity contribution in [3.8, 4) is 0 Å². The Labute approximate surface area is 159 Å². The molecule has 8 nitrogen and oxygen atoms in total. The third-order valence-corrected chi connectivity index (χ3v) is 5.76. The van der Waals surface area contributed by atoms with Gasteiger partial charge in [0.1, 0.15) is 0 Å². The maximum absolute atomic E-state index is 10.2. The molecule has 26 heavy (non-hydrogen) atoms. The van der Waals surface area contributed by atoms with Gasteiger partial charge in [-0.15, -0.1) is 5.10 Å². The summed E-state index contributed by atoms with van der Waals surface area (Å²) in [5, 5.41) is 26.9. The molecule has 0 aromatic carbocycles. The molecule has 10 heteroatoms. The van der Waals surface area contributed by atoms with Crippen LogP contribution in [0.3, 0.4) is 0 Å². The monoisotopic (exact) mass is 397 g/mol. The Morgan fingerprint density at radius 1 is 1.42 bits per heavy atom. The molecule has 1 fully saturated rings. The van der Waals surface area contributed by atoms with Crippen molar-refractivity contribution < 1.29 is 15.0 Å². The first-order valence-corrected chi connectivity index (χ1v) is 9.72. The summed E-state index contributed by atoms with van der Waals surface area (Å²) in [5.74, 6) is 0.107. The molecular formula is C16H20ClN5O3S. The van der Waals surface area contributed by atoms with E-state index in [1.165, 1.54) is 0 Å². The Bertz CT molecular complexity index is 848. The van der Waals surface area contributed by atoms with E-state index in [0.717, 1.165) is 31.9 Å². The molecule has 1 spiro atoms. The highest BCUT2D eigenvalue weighted by molar-refractivity contribution is 7.99. The van der Waals surface area contributed by atoms with Crippen molar-refractivity contribution in [1.29, 1.82) is 0 Å². The molecule has 2 aliphatic carbocycles. The minimum absolute atomic E-state index is 0.0116. The van der Waals surface area contributed by atoms with E-state index in [-0.39, 0.29) is 11.5 Å². The van der Waals surface area contributed by atoms with E-state index in [2.05, 4.69) is 27.2 Å². The van der Waals surface area contributed by atoms with Gasteiger partial charge in [0.15, 0.2) is 21.5 Å². The summed E-state index contributed by atoms with van der Waals surface area (Å²) in [6.07, 6.45) is 6.46. The van der Waals surface area contributed by atoms with Gasteiger partial charge in [-0.1, -0.05) is 47.7 Å². The molecule has 0 saturated heterocycles. The number of hydrogen-bond acceptors (Lipinski definition) is 7. The molecule has 0 aliphatic heterocycles. The first-order chi connectivity index (χ1) is 12.4. The highest BCUT2D eigenvalue weighted by atomic mass is 35.5. The Morgan fingerprint density at radius 2 is 2.12 bits per heavy atom. The van der Waals surface area contributed by atoms with Gasteiger partial charge in [-0.05, 0) is 19.3 Å². The summed E-state index contributed by atoms with van der Waals surface area (Å²) < 4.78 is 1.79. The highest BCUT2D eigenvalue weighted by Crippen LogP contribution is 2.60. The number of aromatic nitrogens is 5. The van der Waals surface area contributed by atoms with Crippen molar-refractivity contribution in [2.75, 3.05) is 5.75 Å². The van der Waals surface area contributed by atoms with Crippen molar-refractivity contribution in [2.24, 2.45) is 5.41 Å². The van der Waals surface area contributed by atoms with Gasteiger partial charge in [0.2, 0.25) is 0 Å². The number of aliphatic carboxylic acids is 1. The molecule has 0 radical (unpaired) electrons. The van der Waals surface area contributed by atoms with Crippen LogP contribution in [-0.4, -0.2) is 53.0 Å². The number of aliphatic hydroxyl groups excluding tert-OH is 1. The van der Waals surface area contributed by atoms with Gasteiger partial charge in [0.25, 0.3) is 5.97 Å². The average molecular weight is 398 g/mol. The lowest BCUT2D eigenvalue weighted by atomic mass is 9.97. The molecule has 1 saturated carbocycles. The van der Waals surface area contributed by atoms with Crippen molar-refractivity contribution in [3.05, 3.63) is 17.3 Å². The topological polar surface area (TPSA) is 114 Å². The predicted molar refractivity (Wildman–Crippen MR) is 98.3 cm³/mol. The fraction of sp³-hybridized carbons (Fsp3) is 0.562. The number of aliphatic hydroxyl groups is 1. The summed E-state index contributed by atoms with van der Waals surface area (Å²) >= 11 is 7.81. The van der Waals surface area contributed by atoms with Gasteiger partial charge in [-0.2, -0.15) is 0 Å². The molecule has 2 aromatic rings. The van der Waals surface area contributed by atoms with Gasteiger partial charge in [0.05, 0.1) is 12.1 Å². The van der Waals surface area contributed by atoms with Crippen LogP contribution in [0.4, 0.5) is 0 Å². The van der Waals surface area contributed by atoms with Crippen LogP contribution in [0, 0.1) is 5.41 Å². The summed E-state index contributed by atoms with van der Waals surface area (Å²) in [4.78, 5) is 17.9. The predicted octanol–water partition coefficient (Wildman–Crippen LogP) is 2.72. The normalized spacial score (nSPS) is 22.5. The van der Waals surface area contributed by atoms with Gasteiger partial charge in [-0.25, -0.2) is 14.6 Å². The second-order valence-corrected chi connectivity index (χ2v) is 7.80. The van der Waals surface area contributed by atoms with Gasteiger partial charge < -0.3 is 10.2 Å². The molecule has 2 aliphatic rings. The van der Waals surface area contributed by atoms with E-state index < -0.39 is 12.1 Å². The molecule has 2 N–H and O–H groups in total. The smallest absolute Gasteiger partial charge is 0.300 e. The quantitative estimate of drug-likeness (QED) is 0.350. The minimum atomic E-state index is -0.833. The summed E-state index contributed by atoms with van der Waals surface area (Å²) in [7, 11) is 0. The van der Waals surface area contributed by atoms with Crippen molar-refractivity contribution in [3.63, 3.8) is 0 Å². The lowest BCUT2D eigenvalue weighted by molar-refractivity contribution is -0.134. The third-order valence-electron chi connectivity index (χ3n) is 4.44. The molecule has 0 unspecified atom stereocenters. The summed E-state index contributed by atoms with van der Waals surface area (Å²) in [6, 6.07) is -0.0116. The third kappa shape index (κ3) is 3.56. The minimum Gasteiger partial charge on any atom is -0.481 e. The number of hydrogen-bond donors (Lipinski definition) is 2. The van der Waals surface area contributed by atoms with E-state index in [1.807, 2.05) is 12.2 Å². The molecule has 140 valence electrons. The first kappa shape index (κ1) is 19.1. The fourth-order valence-corrected chi connectivity index (χ4v) is 4.00. The standard InChI is InChI=1S/C14H16ClN5OS.C2H4O2/c1-2-7-22-13-16-11(15)10-12(17-13)20(19-18-10)8-3-4-9(21)14(8)5-6-14;1-2(3)4/h3-4,8-9,21H,2,5-7H2,1H3;1H3,(H,3,4)/t8-,9+;/m0./s1. The van der Waals surface area contributed by atoms with E-state index in [1.54, 1.807) is 16.4 Å². The van der Waals surface area contributed by atoms with Crippen LogP contribution in [0.25, 0.3) is 11.2 Å². The van der Waals surface area contributed by atoms with Crippen LogP contribution in [0.5, 0.6) is 0 Å². The van der Waals surface area contributed by atoms with E-state index in [4.69, 9.17) is 21.5 Å². The number of rotatable bonds is 4. The molecule has 2 heterocycles. The van der Waals surface area contributed by atoms with E-state index >= 15 is 0 Å². The number of carboxylic acids is 1. The summed E-state index contributed by atoms with van der Waals surface area (Å²) in [6.45, 7) is 3.19. The molecule has 2 aromatic heterocycles. The van der Waals surface area contributed by atoms with Crippen LogP contribution in [-0.2, 0) is 4.79 Å². The summed E-state index contributed by atoms with van der Waals surface area (Å²) in [5.41, 5.74) is 1.04. The maximum Gasteiger partial charge on any atom is 0.300 e. The largest absolute Gasteiger partial charge is 0.481 e. The lowest BCUT2D eigenvalue weighted by Gasteiger charge is -2.21. The molecule has 0 bridgehead atoms. The van der Waals surface area contributed by atoms with E-state index in [0.29, 0.717) is 21.5 Å². The van der Waals surface area contributed by atoms with Crippen molar-refractivity contribution in [2.45, 2.75) is 50.4 Å². The number of carbonyl (C=O) groups is 1. The van der Waals surface area contributed by atoms with Crippen LogP contribution in [0.2, 0.25) is 5.15 Å². The zero-order chi connectivity index (χ0) is 18.9. The number of allylic oxidation sites excluding steroid dienone is 1. The average Bonchev–Trinajstić information content (AvgIpc) is 3.17. The lowest BCUT2D eigenvalue weighted by Crippen LogP contribution is -2.25. The first-order valence-electron chi connectivity index (χ1n) is 8.36. The second kappa shape index (κ2) is 7.50. The Kier molecular flexibility index (Phi) is 5.50. The maximum atomic E-state index is 10.2. The Balaban J connectivity index is 0.000000447. The highest BCUT2D eigenvalue weighted by Gasteiger charge is 2.57. The molecule has 4 rings (SSSR count). The van der Waals surface area contributed by atoms with Crippen LogP contribution >= 0.6 is 23.4 Å². The number of halogens is 1. The number of nitrogens with zero attached hydrogens (tertiary/aromatic N) is 5. The molecule has 0 amide bonds. The number of fused-ring (bicyclic) bond motifs is 1. The van der Waals surface area contributed by atoms with Crippen LogP contribution in [0.15, 0.2) is 17.3 Å². The van der Waals surface area contributed by atoms with Crippen molar-refractivity contribution >= 4 is 40.5 Å². The SMILES string of the molecule is CC(=O)O.CCCSc1nc(Cl)c2nnn([C@H]3C=C[C@@H](O)C34CC4)c2n1. The zero-order valence-electron chi connectivity index (χ0n) is 14.5. The van der Waals surface area contributed by atoms with Crippen LogP contribution in [0.1, 0.15) is 39.2 Å². The fourth-order valence-electron chi connectivity index (χ4n) is 3.05. The number of thioether (sulfide) groups is 1. The Morgan fingerprint density at radius 3 is 2.73 bits per heavy atom. The van der Waals surface area contributed by atoms with Gasteiger partial charge in [0, 0.05) is 18.1 Å². The van der Waals surface area contributed by atoms with Gasteiger partial charge in [-0.3, -0.25) is 4.79 Å². The van der Waals surface area contributed by atoms with Crippen molar-refractivity contribution in [1.82, 2.24) is 25.0 Å². The Hall–Kier alpha value is -1.71. The number of carboxylic acid groups (broad SMARTS) is 1. The molecular weight excluding hydrogens is 378 g/mol. The molecule has 2 atom stereocenters.